The third kappa shape index (κ3) is 4.54. The summed E-state index contributed by atoms with van der Waals surface area (Å²) in [6, 6.07) is 71.3. The van der Waals surface area contributed by atoms with Crippen LogP contribution in [0.15, 0.2) is 194 Å². The molecule has 0 bridgehead atoms. The van der Waals surface area contributed by atoms with Crippen LogP contribution in [0.1, 0.15) is 0 Å². The summed E-state index contributed by atoms with van der Waals surface area (Å²) in [5.74, 6) is 0. The van der Waals surface area contributed by atoms with Crippen LogP contribution in [0, 0.1) is 0 Å². The summed E-state index contributed by atoms with van der Waals surface area (Å²) < 4.78 is 0. The second-order valence-electron chi connectivity index (χ2n) is 13.2. The van der Waals surface area contributed by atoms with Gasteiger partial charge in [0, 0.05) is 0 Å². The van der Waals surface area contributed by atoms with E-state index >= 15 is 0 Å². The SMILES string of the molecule is c1ccc(-c2ccccc2-c2ccc3ccc4c(-c5ccccc5-c5ccccc5)cc(-c5ccc6ccccc6c5)c5ccc2c3c54)cc1. The lowest BCUT2D eigenvalue weighted by Crippen LogP contribution is -1.94. The van der Waals surface area contributed by atoms with Gasteiger partial charge in [0.1, 0.15) is 0 Å². The van der Waals surface area contributed by atoms with Crippen molar-refractivity contribution < 1.29 is 0 Å². The molecule has 0 heterocycles. The van der Waals surface area contributed by atoms with Crippen LogP contribution in [0.3, 0.4) is 0 Å². The molecule has 0 N–H and O–H groups in total. The molecule has 0 saturated carbocycles. The normalized spacial score (nSPS) is 11.6. The summed E-state index contributed by atoms with van der Waals surface area (Å²) in [6.45, 7) is 0. The zero-order valence-corrected chi connectivity index (χ0v) is 27.5. The van der Waals surface area contributed by atoms with Crippen molar-refractivity contribution in [1.82, 2.24) is 0 Å². The fourth-order valence-corrected chi connectivity index (χ4v) is 8.13. The summed E-state index contributed by atoms with van der Waals surface area (Å²) in [6.07, 6.45) is 0. The van der Waals surface area contributed by atoms with E-state index in [2.05, 4.69) is 194 Å². The molecule has 0 aliphatic carbocycles. The topological polar surface area (TPSA) is 0 Å². The van der Waals surface area contributed by atoms with Gasteiger partial charge in [-0.3, -0.25) is 0 Å². The highest BCUT2D eigenvalue weighted by Gasteiger charge is 2.20. The number of benzene rings is 10. The first kappa shape index (κ1) is 28.5. The van der Waals surface area contributed by atoms with E-state index in [0.29, 0.717) is 0 Å². The average Bonchev–Trinajstić information content (AvgIpc) is 3.20. The smallest absolute Gasteiger partial charge is 0.00141 e. The van der Waals surface area contributed by atoms with Gasteiger partial charge in [-0.25, -0.2) is 0 Å². The van der Waals surface area contributed by atoms with E-state index in [9.17, 15) is 0 Å². The highest BCUT2D eigenvalue weighted by atomic mass is 14.2. The maximum absolute atomic E-state index is 2.44. The number of hydrogen-bond acceptors (Lipinski definition) is 0. The van der Waals surface area contributed by atoms with Gasteiger partial charge in [-0.15, -0.1) is 0 Å². The van der Waals surface area contributed by atoms with Gasteiger partial charge in [0.15, 0.2) is 0 Å². The molecule has 10 aromatic rings. The summed E-state index contributed by atoms with van der Waals surface area (Å²) in [7, 11) is 0. The Hall–Kier alpha value is -6.50. The maximum atomic E-state index is 2.44. The molecule has 0 aromatic heterocycles. The highest BCUT2D eigenvalue weighted by Crippen LogP contribution is 2.48. The molecule has 0 radical (unpaired) electrons. The van der Waals surface area contributed by atoms with Crippen LogP contribution in [0.2, 0.25) is 0 Å². The first-order chi connectivity index (χ1) is 24.8. The van der Waals surface area contributed by atoms with Crippen LogP contribution in [-0.2, 0) is 0 Å². The predicted octanol–water partition coefficient (Wildman–Crippen LogP) is 14.1. The Morgan fingerprint density at radius 2 is 0.680 bits per heavy atom. The van der Waals surface area contributed by atoms with Gasteiger partial charge in [0.25, 0.3) is 0 Å². The van der Waals surface area contributed by atoms with Crippen molar-refractivity contribution in [2.45, 2.75) is 0 Å². The lowest BCUT2D eigenvalue weighted by atomic mass is 9.82. The van der Waals surface area contributed by atoms with Gasteiger partial charge in [-0.05, 0) is 111 Å². The van der Waals surface area contributed by atoms with Crippen molar-refractivity contribution in [3.8, 4) is 55.6 Å². The molecule has 10 aromatic carbocycles. The molecule has 0 atom stereocenters. The largest absolute Gasteiger partial charge is 0.0622 e. The molecule has 0 aliphatic heterocycles. The Bertz CT molecular complexity index is 2840. The fourth-order valence-electron chi connectivity index (χ4n) is 8.13. The van der Waals surface area contributed by atoms with Crippen molar-refractivity contribution in [1.29, 1.82) is 0 Å². The van der Waals surface area contributed by atoms with Gasteiger partial charge in [0.05, 0.1) is 0 Å². The molecule has 0 nitrogen and oxygen atoms in total. The minimum Gasteiger partial charge on any atom is -0.0622 e. The predicted molar refractivity (Wildman–Crippen MR) is 215 cm³/mol. The number of rotatable bonds is 5. The minimum absolute atomic E-state index is 1.22. The van der Waals surface area contributed by atoms with E-state index in [1.807, 2.05) is 0 Å². The number of hydrogen-bond donors (Lipinski definition) is 0. The quantitative estimate of drug-likeness (QED) is 0.166. The first-order valence-electron chi connectivity index (χ1n) is 17.4. The lowest BCUT2D eigenvalue weighted by Gasteiger charge is -2.21. The van der Waals surface area contributed by atoms with E-state index in [0.717, 1.165) is 0 Å². The van der Waals surface area contributed by atoms with Crippen LogP contribution in [0.25, 0.3) is 98.7 Å². The van der Waals surface area contributed by atoms with Gasteiger partial charge in [0.2, 0.25) is 0 Å². The lowest BCUT2D eigenvalue weighted by molar-refractivity contribution is 1.59. The van der Waals surface area contributed by atoms with Crippen LogP contribution in [0.4, 0.5) is 0 Å². The molecule has 0 fully saturated rings. The Labute approximate surface area is 291 Å². The summed E-state index contributed by atoms with van der Waals surface area (Å²) in [5, 5.41) is 10.2. The van der Waals surface area contributed by atoms with Crippen molar-refractivity contribution in [3.63, 3.8) is 0 Å². The van der Waals surface area contributed by atoms with E-state index in [-0.39, 0.29) is 0 Å². The van der Waals surface area contributed by atoms with Crippen molar-refractivity contribution in [3.05, 3.63) is 194 Å². The monoisotopic (exact) mass is 632 g/mol. The molecule has 0 aliphatic rings. The van der Waals surface area contributed by atoms with Crippen molar-refractivity contribution in [2.75, 3.05) is 0 Å². The van der Waals surface area contributed by atoms with Crippen molar-refractivity contribution in [2.24, 2.45) is 0 Å². The Kier molecular flexibility index (Phi) is 6.60. The Morgan fingerprint density at radius 1 is 0.200 bits per heavy atom. The third-order valence-electron chi connectivity index (χ3n) is 10.4. The average molecular weight is 633 g/mol. The second-order valence-corrected chi connectivity index (χ2v) is 13.2. The van der Waals surface area contributed by atoms with Crippen LogP contribution >= 0.6 is 0 Å². The molecule has 232 valence electrons. The van der Waals surface area contributed by atoms with Crippen LogP contribution in [0.5, 0.6) is 0 Å². The minimum atomic E-state index is 1.22. The first-order valence-corrected chi connectivity index (χ1v) is 17.4. The van der Waals surface area contributed by atoms with Gasteiger partial charge >= 0.3 is 0 Å². The Morgan fingerprint density at radius 3 is 1.36 bits per heavy atom. The molecule has 0 heteroatoms. The zero-order chi connectivity index (χ0) is 33.0. The van der Waals surface area contributed by atoms with Crippen LogP contribution < -0.4 is 0 Å². The fraction of sp³-hybridized carbons (Fsp3) is 0. The maximum Gasteiger partial charge on any atom is -0.00141 e. The van der Waals surface area contributed by atoms with Gasteiger partial charge < -0.3 is 0 Å². The standard InChI is InChI=1S/C50H32/c1-3-14-34(15-4-1)39-19-9-11-21-41(39)43-27-25-36-26-28-46-48(42-22-12-10-20-40(42)35-16-5-2-6-17-35)32-47(45-30-29-44(43)49(36)50(45)46)38-24-23-33-13-7-8-18-37(33)31-38/h1-32H. The molecular formula is C50H32. The van der Waals surface area contributed by atoms with E-state index < -0.39 is 0 Å². The summed E-state index contributed by atoms with van der Waals surface area (Å²) in [5.41, 5.74) is 12.4. The number of fused-ring (bicyclic) bond motifs is 1. The van der Waals surface area contributed by atoms with Crippen molar-refractivity contribution >= 4 is 43.1 Å². The summed E-state index contributed by atoms with van der Waals surface area (Å²) >= 11 is 0. The highest BCUT2D eigenvalue weighted by molar-refractivity contribution is 6.30. The van der Waals surface area contributed by atoms with E-state index in [4.69, 9.17) is 0 Å². The summed E-state index contributed by atoms with van der Waals surface area (Å²) in [4.78, 5) is 0. The van der Waals surface area contributed by atoms with E-state index in [1.54, 1.807) is 0 Å². The third-order valence-corrected chi connectivity index (χ3v) is 10.4. The second kappa shape index (κ2) is 11.6. The van der Waals surface area contributed by atoms with Gasteiger partial charge in [-0.1, -0.05) is 182 Å². The molecule has 0 amide bonds. The Balaban J connectivity index is 1.32. The van der Waals surface area contributed by atoms with Gasteiger partial charge in [-0.2, -0.15) is 0 Å². The molecule has 0 spiro atoms. The molecular weight excluding hydrogens is 601 g/mol. The molecule has 0 unspecified atom stereocenters. The molecule has 50 heavy (non-hydrogen) atoms. The molecule has 0 saturated heterocycles. The zero-order valence-electron chi connectivity index (χ0n) is 27.5. The van der Waals surface area contributed by atoms with E-state index in [1.165, 1.54) is 98.7 Å². The van der Waals surface area contributed by atoms with Crippen LogP contribution in [-0.4, -0.2) is 0 Å². The molecule has 10 rings (SSSR count).